The minimum atomic E-state index is -1.08. The predicted molar refractivity (Wildman–Crippen MR) is 108 cm³/mol. The number of hydrogen-bond donors (Lipinski definition) is 2. The molecule has 3 unspecified atom stereocenters. The van der Waals surface area contributed by atoms with Crippen molar-refractivity contribution in [1.29, 1.82) is 5.26 Å². The van der Waals surface area contributed by atoms with Crippen molar-refractivity contribution in [2.45, 2.75) is 37.7 Å². The number of ether oxygens (including phenoxy) is 1. The number of nitriles is 1. The lowest BCUT2D eigenvalue weighted by Crippen LogP contribution is -2.48. The SMILES string of the molecule is CC(C)S(=O)NC1COCCC1O.N#Cc1ccccc1-c1ccccc1. The predicted octanol–water partition coefficient (Wildman–Crippen LogP) is 3.02. The zero-order valence-electron chi connectivity index (χ0n) is 15.7. The highest BCUT2D eigenvalue weighted by atomic mass is 32.2. The minimum absolute atomic E-state index is 0.0640. The molecular formula is C21H26N2O3S. The molecule has 3 rings (SSSR count). The maximum Gasteiger partial charge on any atom is 0.0998 e. The number of aliphatic hydroxyl groups is 1. The fourth-order valence-corrected chi connectivity index (χ4v) is 3.37. The van der Waals surface area contributed by atoms with Crippen molar-refractivity contribution in [3.05, 3.63) is 60.2 Å². The Hall–Kier alpha value is -2.04. The van der Waals surface area contributed by atoms with Crippen LogP contribution in [0.15, 0.2) is 54.6 Å². The van der Waals surface area contributed by atoms with Crippen LogP contribution < -0.4 is 4.72 Å². The van der Waals surface area contributed by atoms with Gasteiger partial charge in [0.15, 0.2) is 0 Å². The molecule has 1 aliphatic rings. The van der Waals surface area contributed by atoms with Crippen molar-refractivity contribution in [2.24, 2.45) is 0 Å². The number of hydrogen-bond acceptors (Lipinski definition) is 4. The third kappa shape index (κ3) is 6.56. The smallest absolute Gasteiger partial charge is 0.0998 e. The van der Waals surface area contributed by atoms with Crippen molar-refractivity contribution in [3.63, 3.8) is 0 Å². The van der Waals surface area contributed by atoms with Crippen molar-refractivity contribution < 1.29 is 14.1 Å². The highest BCUT2D eigenvalue weighted by Crippen LogP contribution is 2.22. The molecule has 2 aromatic rings. The number of aliphatic hydroxyl groups excluding tert-OH is 1. The van der Waals surface area contributed by atoms with Gasteiger partial charge < -0.3 is 9.84 Å². The third-order valence-corrected chi connectivity index (χ3v) is 5.54. The van der Waals surface area contributed by atoms with Crippen LogP contribution in [0.4, 0.5) is 0 Å². The van der Waals surface area contributed by atoms with Gasteiger partial charge in [0, 0.05) is 11.9 Å². The molecule has 144 valence electrons. The first-order valence-corrected chi connectivity index (χ1v) is 10.2. The molecule has 0 radical (unpaired) electrons. The average molecular weight is 387 g/mol. The number of nitrogens with zero attached hydrogens (tertiary/aromatic N) is 1. The summed E-state index contributed by atoms with van der Waals surface area (Å²) >= 11 is 0. The van der Waals surface area contributed by atoms with E-state index in [9.17, 15) is 9.32 Å². The van der Waals surface area contributed by atoms with Crippen molar-refractivity contribution in [1.82, 2.24) is 4.72 Å². The topological polar surface area (TPSA) is 82.3 Å². The first-order valence-electron chi connectivity index (χ1n) is 9.00. The van der Waals surface area contributed by atoms with Crippen LogP contribution >= 0.6 is 0 Å². The second-order valence-electron chi connectivity index (χ2n) is 6.52. The molecule has 0 amide bonds. The van der Waals surface area contributed by atoms with Crippen LogP contribution in [-0.2, 0) is 15.7 Å². The quantitative estimate of drug-likeness (QED) is 0.846. The zero-order valence-corrected chi connectivity index (χ0v) is 16.5. The Balaban J connectivity index is 0.000000194. The molecule has 1 saturated heterocycles. The molecule has 0 saturated carbocycles. The largest absolute Gasteiger partial charge is 0.391 e. The number of nitrogens with one attached hydrogen (secondary N) is 1. The molecule has 0 bridgehead atoms. The Labute approximate surface area is 163 Å². The van der Waals surface area contributed by atoms with Gasteiger partial charge in [-0.05, 0) is 37.5 Å². The fourth-order valence-electron chi connectivity index (χ4n) is 2.57. The van der Waals surface area contributed by atoms with E-state index in [1.807, 2.05) is 68.4 Å². The minimum Gasteiger partial charge on any atom is -0.391 e. The lowest BCUT2D eigenvalue weighted by molar-refractivity contribution is -0.00802. The first-order chi connectivity index (χ1) is 13.0. The van der Waals surface area contributed by atoms with Gasteiger partial charge in [0.05, 0.1) is 41.4 Å². The van der Waals surface area contributed by atoms with Crippen molar-refractivity contribution in [3.8, 4) is 17.2 Å². The number of rotatable bonds is 4. The summed E-state index contributed by atoms with van der Waals surface area (Å²) in [7, 11) is -1.08. The van der Waals surface area contributed by atoms with E-state index in [1.165, 1.54) is 0 Å². The van der Waals surface area contributed by atoms with Crippen LogP contribution in [0, 0.1) is 11.3 Å². The second kappa shape index (κ2) is 11.0. The molecule has 0 aliphatic carbocycles. The van der Waals surface area contributed by atoms with Crippen LogP contribution in [0.1, 0.15) is 25.8 Å². The monoisotopic (exact) mass is 386 g/mol. The van der Waals surface area contributed by atoms with E-state index in [-0.39, 0.29) is 11.3 Å². The Morgan fingerprint density at radius 1 is 1.19 bits per heavy atom. The first kappa shape index (κ1) is 21.3. The van der Waals surface area contributed by atoms with Gasteiger partial charge in [-0.15, -0.1) is 0 Å². The third-order valence-electron chi connectivity index (χ3n) is 4.15. The Kier molecular flexibility index (Phi) is 8.62. The van der Waals surface area contributed by atoms with Crippen LogP contribution in [-0.4, -0.2) is 39.9 Å². The summed E-state index contributed by atoms with van der Waals surface area (Å²) in [6, 6.07) is 19.6. The Bertz CT molecular complexity index is 774. The normalized spacial score (nSPS) is 20.3. The van der Waals surface area contributed by atoms with Gasteiger partial charge in [0.2, 0.25) is 0 Å². The van der Waals surface area contributed by atoms with Crippen LogP contribution in [0.2, 0.25) is 0 Å². The van der Waals surface area contributed by atoms with Gasteiger partial charge in [-0.3, -0.25) is 0 Å². The molecule has 2 N–H and O–H groups in total. The van der Waals surface area contributed by atoms with Gasteiger partial charge in [-0.1, -0.05) is 48.5 Å². The molecule has 1 heterocycles. The molecule has 5 nitrogen and oxygen atoms in total. The van der Waals surface area contributed by atoms with Gasteiger partial charge in [0.25, 0.3) is 0 Å². The Morgan fingerprint density at radius 2 is 1.85 bits per heavy atom. The maximum atomic E-state index is 11.4. The molecule has 1 fully saturated rings. The van der Waals surface area contributed by atoms with E-state index >= 15 is 0 Å². The van der Waals surface area contributed by atoms with Crippen molar-refractivity contribution >= 4 is 11.0 Å². The van der Waals surface area contributed by atoms with E-state index in [0.29, 0.717) is 19.6 Å². The molecule has 0 aromatic heterocycles. The second-order valence-corrected chi connectivity index (χ2v) is 8.30. The highest BCUT2D eigenvalue weighted by molar-refractivity contribution is 7.83. The molecule has 0 spiro atoms. The lowest BCUT2D eigenvalue weighted by atomic mass is 10.0. The summed E-state index contributed by atoms with van der Waals surface area (Å²) in [4.78, 5) is 0. The molecule has 1 aliphatic heterocycles. The Morgan fingerprint density at radius 3 is 2.48 bits per heavy atom. The van der Waals surface area contributed by atoms with E-state index < -0.39 is 17.1 Å². The standard InChI is InChI=1S/C13H9N.C8H17NO3S/c14-10-12-8-4-5-9-13(12)11-6-2-1-3-7-11;1-6(2)13(11)9-7-5-12-4-3-8(7)10/h1-9H;6-10H,3-5H2,1-2H3. The fraction of sp³-hybridized carbons (Fsp3) is 0.381. The van der Waals surface area contributed by atoms with E-state index in [2.05, 4.69) is 10.8 Å². The van der Waals surface area contributed by atoms with Gasteiger partial charge in [0.1, 0.15) is 0 Å². The lowest BCUT2D eigenvalue weighted by Gasteiger charge is -2.28. The van der Waals surface area contributed by atoms with Crippen molar-refractivity contribution in [2.75, 3.05) is 13.2 Å². The average Bonchev–Trinajstić information content (AvgIpc) is 2.70. The summed E-state index contributed by atoms with van der Waals surface area (Å²) < 4.78 is 19.4. The van der Waals surface area contributed by atoms with Crippen LogP contribution in [0.5, 0.6) is 0 Å². The molecule has 27 heavy (non-hydrogen) atoms. The molecular weight excluding hydrogens is 360 g/mol. The summed E-state index contributed by atoms with van der Waals surface area (Å²) in [5, 5.41) is 18.5. The van der Waals surface area contributed by atoms with Crippen LogP contribution in [0.3, 0.4) is 0 Å². The summed E-state index contributed by atoms with van der Waals surface area (Å²) in [5.41, 5.74) is 2.80. The van der Waals surface area contributed by atoms with E-state index in [0.717, 1.165) is 16.7 Å². The molecule has 6 heteroatoms. The summed E-state index contributed by atoms with van der Waals surface area (Å²) in [6.45, 7) is 4.78. The molecule has 2 aromatic carbocycles. The summed E-state index contributed by atoms with van der Waals surface area (Å²) in [6.07, 6.45) is 0.184. The highest BCUT2D eigenvalue weighted by Gasteiger charge is 2.25. The van der Waals surface area contributed by atoms with E-state index in [4.69, 9.17) is 10.00 Å². The van der Waals surface area contributed by atoms with E-state index in [1.54, 1.807) is 0 Å². The maximum absolute atomic E-state index is 11.4. The zero-order chi connectivity index (χ0) is 19.6. The van der Waals surface area contributed by atoms with Gasteiger partial charge in [-0.25, -0.2) is 8.93 Å². The van der Waals surface area contributed by atoms with Crippen LogP contribution in [0.25, 0.3) is 11.1 Å². The molecule has 3 atom stereocenters. The number of benzene rings is 2. The van der Waals surface area contributed by atoms with Gasteiger partial charge in [-0.2, -0.15) is 5.26 Å². The summed E-state index contributed by atoms with van der Waals surface area (Å²) in [5.74, 6) is 0. The van der Waals surface area contributed by atoms with Gasteiger partial charge >= 0.3 is 0 Å².